The van der Waals surface area contributed by atoms with Gasteiger partial charge in [0.05, 0.1) is 11.7 Å². The zero-order chi connectivity index (χ0) is 14.4. The fraction of sp³-hybridized carbons (Fsp3) is 0.385. The summed E-state index contributed by atoms with van der Waals surface area (Å²) in [6.45, 7) is 3.36. The molecule has 0 aliphatic carbocycles. The van der Waals surface area contributed by atoms with Crippen LogP contribution in [-0.2, 0) is 9.59 Å². The van der Waals surface area contributed by atoms with Gasteiger partial charge in [-0.3, -0.25) is 9.59 Å². The van der Waals surface area contributed by atoms with Crippen molar-refractivity contribution < 1.29 is 19.1 Å². The number of thioether (sulfide) groups is 1. The van der Waals surface area contributed by atoms with E-state index in [1.165, 1.54) is 23.9 Å². The van der Waals surface area contributed by atoms with Crippen LogP contribution in [-0.4, -0.2) is 28.5 Å². The fourth-order valence-corrected chi connectivity index (χ4v) is 2.19. The Morgan fingerprint density at radius 3 is 2.79 bits per heavy atom. The average molecular weight is 285 g/mol. The van der Waals surface area contributed by atoms with Gasteiger partial charge in [-0.2, -0.15) is 11.8 Å². The second kappa shape index (κ2) is 7.13. The van der Waals surface area contributed by atoms with Crippen molar-refractivity contribution in [3.63, 3.8) is 0 Å². The Labute approximate surface area is 115 Å². The molecule has 104 valence electrons. The molecule has 0 heterocycles. The van der Waals surface area contributed by atoms with Crippen molar-refractivity contribution in [3.05, 3.63) is 29.6 Å². The lowest BCUT2D eigenvalue weighted by Crippen LogP contribution is -2.17. The van der Waals surface area contributed by atoms with E-state index in [1.807, 2.05) is 0 Å². The van der Waals surface area contributed by atoms with Gasteiger partial charge in [0.1, 0.15) is 5.82 Å². The molecule has 1 amide bonds. The average Bonchev–Trinajstić information content (AvgIpc) is 2.33. The Kier molecular flexibility index (Phi) is 5.82. The molecule has 4 nitrogen and oxygen atoms in total. The lowest BCUT2D eigenvalue weighted by molar-refractivity contribution is -0.140. The molecule has 6 heteroatoms. The Morgan fingerprint density at radius 2 is 2.16 bits per heavy atom. The van der Waals surface area contributed by atoms with Crippen LogP contribution in [0.5, 0.6) is 0 Å². The van der Waals surface area contributed by atoms with Crippen molar-refractivity contribution >= 4 is 29.3 Å². The molecule has 0 fully saturated rings. The maximum atomic E-state index is 13.0. The topological polar surface area (TPSA) is 66.4 Å². The highest BCUT2D eigenvalue weighted by Gasteiger charge is 2.12. The molecule has 1 aromatic rings. The van der Waals surface area contributed by atoms with Gasteiger partial charge in [0.2, 0.25) is 5.91 Å². The lowest BCUT2D eigenvalue weighted by Gasteiger charge is -2.09. The quantitative estimate of drug-likeness (QED) is 0.843. The standard InChI is InChI=1S/C13H16FNO3S/c1-8-3-4-10(14)5-11(8)15-12(16)7-19-6-9(2)13(17)18/h3-5,9H,6-7H2,1-2H3,(H,15,16)(H,17,18). The number of carboxylic acids is 1. The van der Waals surface area contributed by atoms with Crippen LogP contribution >= 0.6 is 11.8 Å². The van der Waals surface area contributed by atoms with E-state index in [1.54, 1.807) is 19.9 Å². The summed E-state index contributed by atoms with van der Waals surface area (Å²) in [5.74, 6) is -1.54. The Bertz CT molecular complexity index is 479. The highest BCUT2D eigenvalue weighted by Crippen LogP contribution is 2.16. The number of aliphatic carboxylic acids is 1. The summed E-state index contributed by atoms with van der Waals surface area (Å²) in [7, 11) is 0. The molecule has 0 aliphatic heterocycles. The van der Waals surface area contributed by atoms with Crippen molar-refractivity contribution in [2.45, 2.75) is 13.8 Å². The second-order valence-electron chi connectivity index (χ2n) is 4.26. The molecule has 1 unspecified atom stereocenters. The summed E-state index contributed by atoms with van der Waals surface area (Å²) in [5.41, 5.74) is 1.22. The number of nitrogens with one attached hydrogen (secondary N) is 1. The summed E-state index contributed by atoms with van der Waals surface area (Å²) >= 11 is 1.24. The molecule has 2 N–H and O–H groups in total. The van der Waals surface area contributed by atoms with E-state index in [0.717, 1.165) is 5.56 Å². The number of aryl methyl sites for hydroxylation is 1. The van der Waals surface area contributed by atoms with E-state index in [9.17, 15) is 14.0 Å². The fourth-order valence-electron chi connectivity index (χ4n) is 1.31. The van der Waals surface area contributed by atoms with Crippen LogP contribution in [0.15, 0.2) is 18.2 Å². The molecular weight excluding hydrogens is 269 g/mol. The maximum Gasteiger partial charge on any atom is 0.307 e. The highest BCUT2D eigenvalue weighted by molar-refractivity contribution is 8.00. The molecule has 1 atom stereocenters. The van der Waals surface area contributed by atoms with Crippen molar-refractivity contribution in [1.29, 1.82) is 0 Å². The van der Waals surface area contributed by atoms with Crippen LogP contribution in [0.1, 0.15) is 12.5 Å². The van der Waals surface area contributed by atoms with Crippen LogP contribution in [0.2, 0.25) is 0 Å². The molecule has 0 spiro atoms. The number of anilines is 1. The largest absolute Gasteiger partial charge is 0.481 e. The second-order valence-corrected chi connectivity index (χ2v) is 5.29. The van der Waals surface area contributed by atoms with Gasteiger partial charge < -0.3 is 10.4 Å². The molecule has 19 heavy (non-hydrogen) atoms. The van der Waals surface area contributed by atoms with Gasteiger partial charge in [0.15, 0.2) is 0 Å². The normalized spacial score (nSPS) is 11.9. The molecule has 0 saturated carbocycles. The summed E-state index contributed by atoms with van der Waals surface area (Å²) in [5, 5.41) is 11.3. The summed E-state index contributed by atoms with van der Waals surface area (Å²) < 4.78 is 13.0. The van der Waals surface area contributed by atoms with Crippen LogP contribution < -0.4 is 5.32 Å². The molecule has 1 rings (SSSR count). The summed E-state index contributed by atoms with van der Waals surface area (Å²) in [6, 6.07) is 4.18. The van der Waals surface area contributed by atoms with Crippen molar-refractivity contribution in [3.8, 4) is 0 Å². The molecule has 0 bridgehead atoms. The Morgan fingerprint density at radius 1 is 1.47 bits per heavy atom. The van der Waals surface area contributed by atoms with Crippen LogP contribution in [0.25, 0.3) is 0 Å². The van der Waals surface area contributed by atoms with E-state index in [-0.39, 0.29) is 11.7 Å². The zero-order valence-electron chi connectivity index (χ0n) is 10.8. The third-order valence-electron chi connectivity index (χ3n) is 2.50. The number of halogens is 1. The first-order valence-corrected chi connectivity index (χ1v) is 6.92. The van der Waals surface area contributed by atoms with Crippen molar-refractivity contribution in [2.75, 3.05) is 16.8 Å². The number of hydrogen-bond acceptors (Lipinski definition) is 3. The van der Waals surface area contributed by atoms with Gasteiger partial charge in [-0.05, 0) is 24.6 Å². The number of rotatable bonds is 6. The van der Waals surface area contributed by atoms with Crippen molar-refractivity contribution in [2.24, 2.45) is 5.92 Å². The van der Waals surface area contributed by atoms with E-state index in [2.05, 4.69) is 5.32 Å². The van der Waals surface area contributed by atoms with Gasteiger partial charge in [-0.15, -0.1) is 0 Å². The van der Waals surface area contributed by atoms with Gasteiger partial charge in [-0.1, -0.05) is 13.0 Å². The molecular formula is C13H16FNO3S. The molecule has 1 aromatic carbocycles. The van der Waals surface area contributed by atoms with Crippen LogP contribution in [0.4, 0.5) is 10.1 Å². The van der Waals surface area contributed by atoms with E-state index in [4.69, 9.17) is 5.11 Å². The summed E-state index contributed by atoms with van der Waals surface area (Å²) in [6.07, 6.45) is 0. The summed E-state index contributed by atoms with van der Waals surface area (Å²) in [4.78, 5) is 22.2. The van der Waals surface area contributed by atoms with Crippen LogP contribution in [0.3, 0.4) is 0 Å². The highest BCUT2D eigenvalue weighted by atomic mass is 32.2. The van der Waals surface area contributed by atoms with E-state index < -0.39 is 17.7 Å². The van der Waals surface area contributed by atoms with Gasteiger partial charge in [0, 0.05) is 11.4 Å². The molecule has 0 aliphatic rings. The van der Waals surface area contributed by atoms with E-state index >= 15 is 0 Å². The van der Waals surface area contributed by atoms with Gasteiger partial charge >= 0.3 is 5.97 Å². The third-order valence-corrected chi connectivity index (χ3v) is 3.70. The predicted molar refractivity (Wildman–Crippen MR) is 73.9 cm³/mol. The minimum atomic E-state index is -0.881. The smallest absolute Gasteiger partial charge is 0.307 e. The molecule has 0 aromatic heterocycles. The number of benzene rings is 1. The minimum Gasteiger partial charge on any atom is -0.481 e. The van der Waals surface area contributed by atoms with Gasteiger partial charge in [-0.25, -0.2) is 4.39 Å². The van der Waals surface area contributed by atoms with Crippen LogP contribution in [0, 0.1) is 18.7 Å². The Balaban J connectivity index is 2.43. The number of carbonyl (C=O) groups excluding carboxylic acids is 1. The lowest BCUT2D eigenvalue weighted by atomic mass is 10.2. The number of carboxylic acid groups (broad SMARTS) is 1. The SMILES string of the molecule is Cc1ccc(F)cc1NC(=O)CSCC(C)C(=O)O. The monoisotopic (exact) mass is 285 g/mol. The minimum absolute atomic E-state index is 0.146. The first-order valence-electron chi connectivity index (χ1n) is 5.76. The Hall–Kier alpha value is -1.56. The number of amides is 1. The molecule has 0 saturated heterocycles. The van der Waals surface area contributed by atoms with Gasteiger partial charge in [0.25, 0.3) is 0 Å². The molecule has 0 radical (unpaired) electrons. The van der Waals surface area contributed by atoms with E-state index in [0.29, 0.717) is 11.4 Å². The maximum absolute atomic E-state index is 13.0. The number of hydrogen-bond donors (Lipinski definition) is 2. The van der Waals surface area contributed by atoms with Crippen molar-refractivity contribution in [1.82, 2.24) is 0 Å². The first-order chi connectivity index (χ1) is 8.90. The third kappa shape index (κ3) is 5.30. The first kappa shape index (κ1) is 15.5. The zero-order valence-corrected chi connectivity index (χ0v) is 11.6. The predicted octanol–water partition coefficient (Wildman–Crippen LogP) is 2.53. The number of carbonyl (C=O) groups is 2.